The second-order valence-electron chi connectivity index (χ2n) is 6.12. The minimum absolute atomic E-state index is 0.0454. The molecule has 1 aliphatic carbocycles. The van der Waals surface area contributed by atoms with E-state index in [1.54, 1.807) is 0 Å². The highest BCUT2D eigenvalue weighted by atomic mass is 19.4. The third-order valence-electron chi connectivity index (χ3n) is 4.64. The first-order valence-corrected chi connectivity index (χ1v) is 7.70. The number of halogens is 3. The number of nitrogens with zero attached hydrogens (tertiary/aromatic N) is 1. The largest absolute Gasteiger partial charge is 0.497 e. The monoisotopic (exact) mass is 365 g/mol. The van der Waals surface area contributed by atoms with Crippen LogP contribution in [-0.2, 0) is 6.18 Å². The van der Waals surface area contributed by atoms with Crippen molar-refractivity contribution in [3.8, 4) is 5.75 Å². The highest BCUT2D eigenvalue weighted by Crippen LogP contribution is 2.55. The first-order chi connectivity index (χ1) is 12.2. The first kappa shape index (κ1) is 17.9. The van der Waals surface area contributed by atoms with Gasteiger partial charge in [0, 0.05) is 16.9 Å². The summed E-state index contributed by atoms with van der Waals surface area (Å²) in [7, 11) is 1.46. The Hall–Kier alpha value is -2.90. The summed E-state index contributed by atoms with van der Waals surface area (Å²) < 4.78 is 43.0. The maximum Gasteiger partial charge on any atom is 0.416 e. The molecule has 0 saturated heterocycles. The predicted molar refractivity (Wildman–Crippen MR) is 85.9 cm³/mol. The molecule has 3 rings (SSSR count). The lowest BCUT2D eigenvalue weighted by atomic mass is 9.97. The Kier molecular flexibility index (Phi) is 4.21. The van der Waals surface area contributed by atoms with Crippen LogP contribution < -0.4 is 4.74 Å². The van der Waals surface area contributed by atoms with Crippen molar-refractivity contribution >= 4 is 5.78 Å². The Morgan fingerprint density at radius 3 is 2.19 bits per heavy atom. The summed E-state index contributed by atoms with van der Waals surface area (Å²) in [5.74, 6) is -0.906. The zero-order chi connectivity index (χ0) is 19.1. The van der Waals surface area contributed by atoms with Crippen molar-refractivity contribution in [3.63, 3.8) is 0 Å². The summed E-state index contributed by atoms with van der Waals surface area (Å²) in [5, 5.41) is 11.6. The summed E-state index contributed by atoms with van der Waals surface area (Å²) in [6.07, 6.45) is -4.53. The van der Waals surface area contributed by atoms with E-state index in [9.17, 15) is 28.1 Å². The van der Waals surface area contributed by atoms with Gasteiger partial charge < -0.3 is 4.74 Å². The Bertz CT molecular complexity index is 846. The van der Waals surface area contributed by atoms with Gasteiger partial charge in [-0.2, -0.15) is 13.2 Å². The highest BCUT2D eigenvalue weighted by Gasteiger charge is 2.72. The fourth-order valence-electron chi connectivity index (χ4n) is 3.08. The van der Waals surface area contributed by atoms with Gasteiger partial charge in [0.15, 0.2) is 0 Å². The highest BCUT2D eigenvalue weighted by molar-refractivity contribution is 6.05. The number of nitro groups is 1. The molecule has 0 spiro atoms. The van der Waals surface area contributed by atoms with Crippen LogP contribution in [0.15, 0.2) is 48.5 Å². The number of hydrogen-bond donors (Lipinski definition) is 0. The topological polar surface area (TPSA) is 69.4 Å². The predicted octanol–water partition coefficient (Wildman–Crippen LogP) is 4.10. The van der Waals surface area contributed by atoms with Crippen LogP contribution in [0.5, 0.6) is 5.75 Å². The molecule has 0 aromatic heterocycles. The van der Waals surface area contributed by atoms with Crippen molar-refractivity contribution in [1.82, 2.24) is 0 Å². The summed E-state index contributed by atoms with van der Waals surface area (Å²) in [5.41, 5.74) is -2.17. The first-order valence-electron chi connectivity index (χ1n) is 7.70. The van der Waals surface area contributed by atoms with E-state index >= 15 is 0 Å². The van der Waals surface area contributed by atoms with Crippen LogP contribution in [0.4, 0.5) is 13.2 Å². The summed E-state index contributed by atoms with van der Waals surface area (Å²) in [4.78, 5) is 23.7. The third-order valence-corrected chi connectivity index (χ3v) is 4.64. The van der Waals surface area contributed by atoms with Gasteiger partial charge in [0.05, 0.1) is 18.6 Å². The summed E-state index contributed by atoms with van der Waals surface area (Å²) in [6.45, 7) is 0. The molecule has 1 fully saturated rings. The number of ketones is 1. The number of alkyl halides is 3. The van der Waals surface area contributed by atoms with E-state index in [0.29, 0.717) is 11.3 Å². The molecule has 1 aliphatic rings. The molecule has 1 saturated carbocycles. The SMILES string of the molecule is COc1ccc(C(=O)[C@]2([N+](=O)[O-])C[C@H]2c2ccc(C(F)(F)F)cc2)cc1. The lowest BCUT2D eigenvalue weighted by Gasteiger charge is -2.11. The number of methoxy groups -OCH3 is 1. The Morgan fingerprint density at radius 2 is 1.73 bits per heavy atom. The van der Waals surface area contributed by atoms with Crippen molar-refractivity contribution in [2.45, 2.75) is 24.1 Å². The minimum atomic E-state index is -4.48. The molecule has 2 aromatic rings. The molecule has 0 N–H and O–H groups in total. The molecule has 8 heteroatoms. The van der Waals surface area contributed by atoms with Gasteiger partial charge in [0.2, 0.25) is 5.78 Å². The quantitative estimate of drug-likeness (QED) is 0.454. The van der Waals surface area contributed by atoms with Gasteiger partial charge >= 0.3 is 6.18 Å². The van der Waals surface area contributed by atoms with Crippen LogP contribution in [0, 0.1) is 10.1 Å². The summed E-state index contributed by atoms with van der Waals surface area (Å²) in [6, 6.07) is 10.1. The average Bonchev–Trinajstić information content (AvgIpc) is 3.38. The van der Waals surface area contributed by atoms with Crippen LogP contribution in [0.25, 0.3) is 0 Å². The van der Waals surface area contributed by atoms with E-state index in [1.807, 2.05) is 0 Å². The van der Waals surface area contributed by atoms with Crippen LogP contribution in [0.3, 0.4) is 0 Å². The fourth-order valence-corrected chi connectivity index (χ4v) is 3.08. The molecule has 2 atom stereocenters. The Morgan fingerprint density at radius 1 is 1.15 bits per heavy atom. The Balaban J connectivity index is 1.89. The maximum atomic E-state index is 12.7. The second kappa shape index (κ2) is 6.12. The van der Waals surface area contributed by atoms with E-state index in [2.05, 4.69) is 0 Å². The number of carbonyl (C=O) groups excluding carboxylic acids is 1. The second-order valence-corrected chi connectivity index (χ2v) is 6.12. The number of Topliss-reactive ketones (excluding diaryl/α,β-unsaturated/α-hetero) is 1. The van der Waals surface area contributed by atoms with Gasteiger partial charge in [-0.1, -0.05) is 12.1 Å². The van der Waals surface area contributed by atoms with E-state index in [1.165, 1.54) is 43.5 Å². The lowest BCUT2D eigenvalue weighted by Crippen LogP contribution is -2.34. The minimum Gasteiger partial charge on any atom is -0.497 e. The molecular weight excluding hydrogens is 351 g/mol. The zero-order valence-corrected chi connectivity index (χ0v) is 13.6. The summed E-state index contributed by atoms with van der Waals surface area (Å²) >= 11 is 0. The molecular formula is C18H14F3NO4. The number of carbonyl (C=O) groups is 1. The van der Waals surface area contributed by atoms with Crippen molar-refractivity contribution in [2.75, 3.05) is 7.11 Å². The van der Waals surface area contributed by atoms with E-state index in [-0.39, 0.29) is 12.0 Å². The number of rotatable bonds is 5. The fraction of sp³-hybridized carbons (Fsp3) is 0.278. The molecule has 0 aliphatic heterocycles. The smallest absolute Gasteiger partial charge is 0.416 e. The van der Waals surface area contributed by atoms with Crippen molar-refractivity contribution in [3.05, 3.63) is 75.3 Å². The molecule has 0 radical (unpaired) electrons. The Labute approximate surface area is 146 Å². The number of hydrogen-bond acceptors (Lipinski definition) is 4. The molecule has 2 aromatic carbocycles. The standard InChI is InChI=1S/C18H14F3NO4/c1-26-14-8-4-12(5-9-14)16(23)17(22(24)25)10-15(17)11-2-6-13(7-3-11)18(19,20)21/h2-9,15H,10H2,1H3/t15-,17-/m0/s1. The van der Waals surface area contributed by atoms with Crippen LogP contribution >= 0.6 is 0 Å². The van der Waals surface area contributed by atoms with Crippen molar-refractivity contribution < 1.29 is 27.6 Å². The molecule has 136 valence electrons. The number of benzene rings is 2. The van der Waals surface area contributed by atoms with Gasteiger partial charge in [-0.3, -0.25) is 14.9 Å². The molecule has 0 unspecified atom stereocenters. The van der Waals surface area contributed by atoms with Crippen LogP contribution in [-0.4, -0.2) is 23.4 Å². The van der Waals surface area contributed by atoms with Gasteiger partial charge in [-0.15, -0.1) is 0 Å². The van der Waals surface area contributed by atoms with Gasteiger partial charge in [0.25, 0.3) is 5.54 Å². The normalized spacial score (nSPS) is 21.9. The third kappa shape index (κ3) is 2.91. The van der Waals surface area contributed by atoms with Gasteiger partial charge in [-0.25, -0.2) is 0 Å². The van der Waals surface area contributed by atoms with Crippen LogP contribution in [0.1, 0.15) is 33.8 Å². The maximum absolute atomic E-state index is 12.7. The average molecular weight is 365 g/mol. The zero-order valence-electron chi connectivity index (χ0n) is 13.6. The van der Waals surface area contributed by atoms with E-state index in [0.717, 1.165) is 12.1 Å². The molecule has 0 heterocycles. The van der Waals surface area contributed by atoms with Crippen molar-refractivity contribution in [2.24, 2.45) is 0 Å². The van der Waals surface area contributed by atoms with Crippen LogP contribution in [0.2, 0.25) is 0 Å². The molecule has 5 nitrogen and oxygen atoms in total. The van der Waals surface area contributed by atoms with E-state index in [4.69, 9.17) is 4.74 Å². The molecule has 0 amide bonds. The molecule has 0 bridgehead atoms. The van der Waals surface area contributed by atoms with E-state index < -0.39 is 33.9 Å². The molecule has 26 heavy (non-hydrogen) atoms. The number of ether oxygens (including phenoxy) is 1. The lowest BCUT2D eigenvalue weighted by molar-refractivity contribution is -0.521. The van der Waals surface area contributed by atoms with Gasteiger partial charge in [0.1, 0.15) is 5.75 Å². The van der Waals surface area contributed by atoms with Crippen molar-refractivity contribution in [1.29, 1.82) is 0 Å². The van der Waals surface area contributed by atoms with Gasteiger partial charge in [-0.05, 0) is 42.0 Å².